The van der Waals surface area contributed by atoms with E-state index in [1.165, 1.54) is 16.3 Å². The van der Waals surface area contributed by atoms with E-state index in [1.54, 1.807) is 11.3 Å². The third kappa shape index (κ3) is 3.02. The zero-order valence-corrected chi connectivity index (χ0v) is 13.0. The molecule has 0 unspecified atom stereocenters. The Bertz CT molecular complexity index is 702. The van der Waals surface area contributed by atoms with Gasteiger partial charge in [0.2, 0.25) is 0 Å². The first kappa shape index (κ1) is 14.3. The molecule has 3 aromatic rings. The molecule has 0 saturated carbocycles. The molecule has 108 valence electrons. The van der Waals surface area contributed by atoms with Crippen molar-refractivity contribution < 1.29 is 5.11 Å². The molecule has 2 aromatic carbocycles. The summed E-state index contributed by atoms with van der Waals surface area (Å²) in [5, 5.41) is 15.3. The van der Waals surface area contributed by atoms with Crippen LogP contribution >= 0.6 is 11.3 Å². The van der Waals surface area contributed by atoms with E-state index in [2.05, 4.69) is 49.4 Å². The second-order valence-corrected chi connectivity index (χ2v) is 6.44. The van der Waals surface area contributed by atoms with Crippen molar-refractivity contribution in [2.24, 2.45) is 0 Å². The van der Waals surface area contributed by atoms with Crippen molar-refractivity contribution in [2.75, 3.05) is 0 Å². The van der Waals surface area contributed by atoms with Crippen LogP contribution in [0.5, 0.6) is 0 Å². The number of aliphatic hydroxyl groups is 1. The fourth-order valence-electron chi connectivity index (χ4n) is 2.91. The van der Waals surface area contributed by atoms with Crippen LogP contribution in [0.15, 0.2) is 60.0 Å². The number of rotatable bonds is 5. The monoisotopic (exact) mass is 296 g/mol. The molecule has 1 nitrogen and oxygen atoms in total. The highest BCUT2D eigenvalue weighted by atomic mass is 32.1. The molecule has 3 rings (SSSR count). The van der Waals surface area contributed by atoms with Crippen LogP contribution in [0.4, 0.5) is 0 Å². The molecule has 0 saturated heterocycles. The lowest BCUT2D eigenvalue weighted by molar-refractivity contribution is 0.143. The second kappa shape index (κ2) is 6.42. The number of aliphatic hydroxyl groups excluding tert-OH is 1. The molecule has 0 radical (unpaired) electrons. The first-order valence-corrected chi connectivity index (χ1v) is 8.37. The van der Waals surface area contributed by atoms with Crippen molar-refractivity contribution in [3.8, 4) is 0 Å². The summed E-state index contributed by atoms with van der Waals surface area (Å²) < 4.78 is 0. The molecule has 2 heteroatoms. The lowest BCUT2D eigenvalue weighted by Gasteiger charge is -2.22. The molecule has 0 spiro atoms. The average Bonchev–Trinajstić information content (AvgIpc) is 3.06. The van der Waals surface area contributed by atoms with Gasteiger partial charge in [0.25, 0.3) is 0 Å². The summed E-state index contributed by atoms with van der Waals surface area (Å²) in [5.41, 5.74) is 1.23. The number of thiophene rings is 1. The van der Waals surface area contributed by atoms with Crippen molar-refractivity contribution in [2.45, 2.75) is 31.8 Å². The van der Waals surface area contributed by atoms with Gasteiger partial charge in [-0.15, -0.1) is 11.3 Å². The molecule has 0 bridgehead atoms. The van der Waals surface area contributed by atoms with Crippen LogP contribution in [-0.2, 0) is 0 Å². The Kier molecular flexibility index (Phi) is 4.37. The molecular formula is C19H20OS. The Balaban J connectivity index is 1.98. The van der Waals surface area contributed by atoms with Crippen LogP contribution in [0, 0.1) is 0 Å². The zero-order chi connectivity index (χ0) is 14.7. The fourth-order valence-corrected chi connectivity index (χ4v) is 3.69. The lowest BCUT2D eigenvalue weighted by Crippen LogP contribution is -2.09. The maximum atomic E-state index is 10.7. The van der Waals surface area contributed by atoms with Gasteiger partial charge in [-0.1, -0.05) is 61.9 Å². The Morgan fingerprint density at radius 1 is 1.00 bits per heavy atom. The normalized spacial score (nSPS) is 14.2. The molecule has 0 aliphatic heterocycles. The van der Waals surface area contributed by atoms with E-state index in [0.717, 1.165) is 17.7 Å². The van der Waals surface area contributed by atoms with E-state index in [4.69, 9.17) is 0 Å². The molecule has 1 heterocycles. The summed E-state index contributed by atoms with van der Waals surface area (Å²) in [6.45, 7) is 2.18. The Labute approximate surface area is 129 Å². The van der Waals surface area contributed by atoms with E-state index in [1.807, 2.05) is 17.5 Å². The first-order chi connectivity index (χ1) is 10.3. The van der Waals surface area contributed by atoms with Crippen molar-refractivity contribution >= 4 is 22.1 Å². The summed E-state index contributed by atoms with van der Waals surface area (Å²) in [5.74, 6) is 0.165. The lowest BCUT2D eigenvalue weighted by atomic mass is 9.87. The molecule has 0 amide bonds. The minimum absolute atomic E-state index is 0.165. The van der Waals surface area contributed by atoms with E-state index in [-0.39, 0.29) is 5.92 Å². The van der Waals surface area contributed by atoms with Crippen molar-refractivity contribution in [3.05, 3.63) is 70.4 Å². The van der Waals surface area contributed by atoms with E-state index < -0.39 is 6.10 Å². The molecular weight excluding hydrogens is 276 g/mol. The largest absolute Gasteiger partial charge is 0.387 e. The van der Waals surface area contributed by atoms with Gasteiger partial charge in [0, 0.05) is 10.8 Å². The standard InChI is InChI=1S/C19H20OS/c1-2-6-17(19(20)18-9-5-12-21-18)16-11-10-14-7-3-4-8-15(14)13-16/h3-5,7-13,17,19-20H,2,6H2,1H3/t17-,19+/m1/s1. The number of fused-ring (bicyclic) bond motifs is 1. The molecule has 1 N–H and O–H groups in total. The predicted molar refractivity (Wildman–Crippen MR) is 90.9 cm³/mol. The summed E-state index contributed by atoms with van der Waals surface area (Å²) in [7, 11) is 0. The van der Waals surface area contributed by atoms with Gasteiger partial charge in [-0.3, -0.25) is 0 Å². The van der Waals surface area contributed by atoms with Crippen LogP contribution in [0.25, 0.3) is 10.8 Å². The van der Waals surface area contributed by atoms with E-state index in [0.29, 0.717) is 0 Å². The minimum atomic E-state index is -0.411. The summed E-state index contributed by atoms with van der Waals surface area (Å²) in [6, 6.07) is 19.0. The Morgan fingerprint density at radius 3 is 2.52 bits per heavy atom. The van der Waals surface area contributed by atoms with Crippen LogP contribution in [0.1, 0.15) is 42.2 Å². The number of benzene rings is 2. The van der Waals surface area contributed by atoms with Gasteiger partial charge in [-0.2, -0.15) is 0 Å². The molecule has 2 atom stereocenters. The zero-order valence-electron chi connectivity index (χ0n) is 12.2. The quantitative estimate of drug-likeness (QED) is 0.657. The van der Waals surface area contributed by atoms with Crippen LogP contribution < -0.4 is 0 Å². The van der Waals surface area contributed by atoms with Gasteiger partial charge >= 0.3 is 0 Å². The molecule has 1 aromatic heterocycles. The number of hydrogen-bond donors (Lipinski definition) is 1. The van der Waals surface area contributed by atoms with Gasteiger partial charge in [0.15, 0.2) is 0 Å². The summed E-state index contributed by atoms with van der Waals surface area (Å²) >= 11 is 1.63. The van der Waals surface area contributed by atoms with Crippen molar-refractivity contribution in [3.63, 3.8) is 0 Å². The Hall–Kier alpha value is -1.64. The predicted octanol–water partition coefficient (Wildman–Crippen LogP) is 5.52. The molecule has 0 aliphatic rings. The maximum Gasteiger partial charge on any atom is 0.0950 e. The van der Waals surface area contributed by atoms with E-state index in [9.17, 15) is 5.11 Å². The van der Waals surface area contributed by atoms with Crippen LogP contribution in [0.3, 0.4) is 0 Å². The second-order valence-electron chi connectivity index (χ2n) is 5.46. The molecule has 21 heavy (non-hydrogen) atoms. The van der Waals surface area contributed by atoms with Crippen LogP contribution in [0.2, 0.25) is 0 Å². The highest BCUT2D eigenvalue weighted by Gasteiger charge is 2.22. The smallest absolute Gasteiger partial charge is 0.0950 e. The summed E-state index contributed by atoms with van der Waals surface area (Å²) in [6.07, 6.45) is 1.66. The first-order valence-electron chi connectivity index (χ1n) is 7.49. The highest BCUT2D eigenvalue weighted by Crippen LogP contribution is 2.37. The summed E-state index contributed by atoms with van der Waals surface area (Å²) in [4.78, 5) is 1.06. The molecule has 0 aliphatic carbocycles. The van der Waals surface area contributed by atoms with Gasteiger partial charge in [-0.05, 0) is 34.2 Å². The van der Waals surface area contributed by atoms with E-state index >= 15 is 0 Å². The minimum Gasteiger partial charge on any atom is -0.387 e. The van der Waals surface area contributed by atoms with Gasteiger partial charge < -0.3 is 5.11 Å². The van der Waals surface area contributed by atoms with Gasteiger partial charge in [-0.25, -0.2) is 0 Å². The van der Waals surface area contributed by atoms with Crippen molar-refractivity contribution in [1.82, 2.24) is 0 Å². The number of hydrogen-bond acceptors (Lipinski definition) is 2. The van der Waals surface area contributed by atoms with Crippen molar-refractivity contribution in [1.29, 1.82) is 0 Å². The average molecular weight is 296 g/mol. The van der Waals surface area contributed by atoms with Gasteiger partial charge in [0.1, 0.15) is 0 Å². The third-order valence-corrected chi connectivity index (χ3v) is 4.96. The maximum absolute atomic E-state index is 10.7. The molecule has 0 fully saturated rings. The topological polar surface area (TPSA) is 20.2 Å². The Morgan fingerprint density at radius 2 is 1.81 bits per heavy atom. The third-order valence-electron chi connectivity index (χ3n) is 4.02. The van der Waals surface area contributed by atoms with Crippen LogP contribution in [-0.4, -0.2) is 5.11 Å². The SMILES string of the molecule is CCC[C@H](c1ccc2ccccc2c1)[C@H](O)c1cccs1. The fraction of sp³-hybridized carbons (Fsp3) is 0.263. The van der Waals surface area contributed by atoms with Gasteiger partial charge in [0.05, 0.1) is 6.10 Å². The highest BCUT2D eigenvalue weighted by molar-refractivity contribution is 7.10.